The maximum Gasteiger partial charge on any atom is 0.265 e. The molecule has 0 aliphatic carbocycles. The van der Waals surface area contributed by atoms with Gasteiger partial charge in [-0.3, -0.25) is 9.40 Å². The van der Waals surface area contributed by atoms with Crippen LogP contribution >= 0.6 is 15.9 Å². The van der Waals surface area contributed by atoms with Gasteiger partial charge >= 0.3 is 0 Å². The average Bonchev–Trinajstić information content (AvgIpc) is 2.58. The van der Waals surface area contributed by atoms with Crippen LogP contribution in [0.2, 0.25) is 0 Å². The average molecular weight is 362 g/mol. The van der Waals surface area contributed by atoms with Gasteiger partial charge in [0.2, 0.25) is 0 Å². The third-order valence-electron chi connectivity index (χ3n) is 2.88. The van der Waals surface area contributed by atoms with E-state index in [1.165, 1.54) is 16.8 Å². The summed E-state index contributed by atoms with van der Waals surface area (Å²) in [6, 6.07) is 4.03. The number of benzene rings is 1. The molecule has 0 aliphatic rings. The Balaban J connectivity index is 2.43. The molecule has 20 heavy (non-hydrogen) atoms. The number of halogens is 2. The fourth-order valence-corrected chi connectivity index (χ4v) is 3.65. The molecule has 0 saturated carbocycles. The monoisotopic (exact) mass is 361 g/mol. The Morgan fingerprint density at radius 1 is 1.35 bits per heavy atom. The van der Waals surface area contributed by atoms with E-state index in [0.29, 0.717) is 11.4 Å². The van der Waals surface area contributed by atoms with Gasteiger partial charge in [0.1, 0.15) is 10.7 Å². The number of aryl methyl sites for hydroxylation is 2. The normalized spacial score (nSPS) is 11.7. The van der Waals surface area contributed by atoms with Crippen LogP contribution in [0.5, 0.6) is 0 Å². The van der Waals surface area contributed by atoms with Gasteiger partial charge < -0.3 is 0 Å². The minimum Gasteiger partial charge on any atom is -0.279 e. The van der Waals surface area contributed by atoms with E-state index in [4.69, 9.17) is 0 Å². The van der Waals surface area contributed by atoms with Crippen molar-refractivity contribution in [2.24, 2.45) is 7.05 Å². The third-order valence-corrected chi connectivity index (χ3v) is 5.16. The molecule has 108 valence electrons. The number of nitrogens with one attached hydrogen (secondary N) is 1. The first-order valence-corrected chi connectivity index (χ1v) is 7.98. The highest BCUT2D eigenvalue weighted by molar-refractivity contribution is 9.10. The highest BCUT2D eigenvalue weighted by Crippen LogP contribution is 2.24. The van der Waals surface area contributed by atoms with E-state index in [0.717, 1.165) is 6.07 Å². The van der Waals surface area contributed by atoms with E-state index in [-0.39, 0.29) is 15.1 Å². The number of hydrogen-bond acceptors (Lipinski definition) is 3. The summed E-state index contributed by atoms with van der Waals surface area (Å²) in [4.78, 5) is 0.114. The molecule has 0 unspecified atom stereocenters. The number of aromatic nitrogens is 2. The number of hydrogen-bond donors (Lipinski definition) is 1. The van der Waals surface area contributed by atoms with E-state index in [1.54, 1.807) is 20.9 Å². The molecule has 0 atom stereocenters. The van der Waals surface area contributed by atoms with Crippen molar-refractivity contribution in [3.63, 3.8) is 0 Å². The SMILES string of the molecule is Cc1nn(C)c(C)c1S(=O)(=O)Nc1ccc(Br)c(F)c1. The highest BCUT2D eigenvalue weighted by atomic mass is 79.9. The van der Waals surface area contributed by atoms with E-state index in [2.05, 4.69) is 25.8 Å². The summed E-state index contributed by atoms with van der Waals surface area (Å²) >= 11 is 3.01. The molecule has 0 aliphatic heterocycles. The van der Waals surface area contributed by atoms with Gasteiger partial charge in [-0.2, -0.15) is 5.10 Å². The maximum atomic E-state index is 13.4. The lowest BCUT2D eigenvalue weighted by molar-refractivity contribution is 0.599. The molecule has 5 nitrogen and oxygen atoms in total. The van der Waals surface area contributed by atoms with Crippen molar-refractivity contribution >= 4 is 31.6 Å². The van der Waals surface area contributed by atoms with Gasteiger partial charge in [-0.25, -0.2) is 12.8 Å². The highest BCUT2D eigenvalue weighted by Gasteiger charge is 2.24. The fraction of sp³-hybridized carbons (Fsp3) is 0.250. The smallest absolute Gasteiger partial charge is 0.265 e. The van der Waals surface area contributed by atoms with Gasteiger partial charge in [0, 0.05) is 7.05 Å². The quantitative estimate of drug-likeness (QED) is 0.913. The van der Waals surface area contributed by atoms with Crippen molar-refractivity contribution in [3.8, 4) is 0 Å². The molecule has 0 saturated heterocycles. The summed E-state index contributed by atoms with van der Waals surface area (Å²) in [5.74, 6) is -0.537. The second kappa shape index (κ2) is 5.17. The molecule has 0 amide bonds. The summed E-state index contributed by atoms with van der Waals surface area (Å²) in [6.07, 6.45) is 0. The minimum absolute atomic E-state index is 0.114. The minimum atomic E-state index is -3.80. The standard InChI is InChI=1S/C12H13BrFN3O2S/c1-7-12(8(2)17(3)15-7)20(18,19)16-9-4-5-10(13)11(14)6-9/h4-6,16H,1-3H3. The summed E-state index contributed by atoms with van der Waals surface area (Å²) in [6.45, 7) is 3.28. The summed E-state index contributed by atoms with van der Waals surface area (Å²) in [7, 11) is -2.13. The number of rotatable bonds is 3. The van der Waals surface area contributed by atoms with Gasteiger partial charge in [0.15, 0.2) is 0 Å². The van der Waals surface area contributed by atoms with E-state index >= 15 is 0 Å². The predicted octanol–water partition coefficient (Wildman–Crippen LogP) is 2.74. The van der Waals surface area contributed by atoms with Crippen molar-refractivity contribution in [2.75, 3.05) is 4.72 Å². The second-order valence-corrected chi connectivity index (χ2v) is 6.83. The van der Waals surface area contributed by atoms with Crippen molar-refractivity contribution in [1.29, 1.82) is 0 Å². The first-order chi connectivity index (χ1) is 9.22. The Bertz CT molecular complexity index is 771. The summed E-state index contributed by atoms with van der Waals surface area (Å²) in [5, 5.41) is 4.07. The van der Waals surface area contributed by atoms with Gasteiger partial charge in [-0.1, -0.05) is 0 Å². The largest absolute Gasteiger partial charge is 0.279 e. The molecule has 1 aromatic heterocycles. The molecule has 0 bridgehead atoms. The third kappa shape index (κ3) is 2.71. The first-order valence-electron chi connectivity index (χ1n) is 5.70. The second-order valence-electron chi connectivity index (χ2n) is 4.36. The van der Waals surface area contributed by atoms with Gasteiger partial charge in [-0.05, 0) is 48.0 Å². The van der Waals surface area contributed by atoms with E-state index in [9.17, 15) is 12.8 Å². The Kier molecular flexibility index (Phi) is 3.88. The van der Waals surface area contributed by atoms with Crippen LogP contribution in [0.3, 0.4) is 0 Å². The van der Waals surface area contributed by atoms with Crippen molar-refractivity contribution < 1.29 is 12.8 Å². The van der Waals surface area contributed by atoms with Crippen LogP contribution < -0.4 is 4.72 Å². The lowest BCUT2D eigenvalue weighted by Crippen LogP contribution is -2.15. The van der Waals surface area contributed by atoms with Crippen LogP contribution in [-0.4, -0.2) is 18.2 Å². The molecule has 2 aromatic rings. The van der Waals surface area contributed by atoms with Crippen LogP contribution in [0.4, 0.5) is 10.1 Å². The Morgan fingerprint density at radius 2 is 2.00 bits per heavy atom. The van der Waals surface area contributed by atoms with Crippen LogP contribution in [0.1, 0.15) is 11.4 Å². The molecular weight excluding hydrogens is 349 g/mol. The lowest BCUT2D eigenvalue weighted by Gasteiger charge is -2.09. The number of nitrogens with zero attached hydrogens (tertiary/aromatic N) is 2. The molecule has 1 aromatic carbocycles. The van der Waals surface area contributed by atoms with Crippen molar-refractivity contribution in [1.82, 2.24) is 9.78 Å². The number of anilines is 1. The molecule has 0 fully saturated rings. The molecule has 8 heteroatoms. The van der Waals surface area contributed by atoms with Gasteiger partial charge in [0.05, 0.1) is 21.5 Å². The van der Waals surface area contributed by atoms with Gasteiger partial charge in [-0.15, -0.1) is 0 Å². The summed E-state index contributed by atoms with van der Waals surface area (Å²) in [5.41, 5.74) is 1.08. The van der Waals surface area contributed by atoms with Crippen LogP contribution in [0.25, 0.3) is 0 Å². The fourth-order valence-electron chi connectivity index (χ4n) is 1.91. The topological polar surface area (TPSA) is 64.0 Å². The Hall–Kier alpha value is -1.41. The molecule has 2 rings (SSSR count). The zero-order chi connectivity index (χ0) is 15.1. The molecule has 0 radical (unpaired) electrons. The zero-order valence-electron chi connectivity index (χ0n) is 11.1. The number of sulfonamides is 1. The molecule has 1 N–H and O–H groups in total. The summed E-state index contributed by atoms with van der Waals surface area (Å²) < 4.78 is 42.2. The van der Waals surface area contributed by atoms with Gasteiger partial charge in [0.25, 0.3) is 10.0 Å². The Labute approximate surface area is 125 Å². The van der Waals surface area contributed by atoms with E-state index in [1.807, 2.05) is 0 Å². The van der Waals surface area contributed by atoms with Crippen LogP contribution in [0.15, 0.2) is 27.6 Å². The maximum absolute atomic E-state index is 13.4. The van der Waals surface area contributed by atoms with Crippen LogP contribution in [0, 0.1) is 19.7 Å². The lowest BCUT2D eigenvalue weighted by atomic mass is 10.3. The molecule has 1 heterocycles. The zero-order valence-corrected chi connectivity index (χ0v) is 13.5. The molecular formula is C12H13BrFN3O2S. The Morgan fingerprint density at radius 3 is 2.50 bits per heavy atom. The van der Waals surface area contributed by atoms with E-state index < -0.39 is 15.8 Å². The molecule has 0 spiro atoms. The predicted molar refractivity (Wildman–Crippen MR) is 77.6 cm³/mol. The van der Waals surface area contributed by atoms with Crippen molar-refractivity contribution in [2.45, 2.75) is 18.7 Å². The first kappa shape index (κ1) is 15.0. The van der Waals surface area contributed by atoms with Crippen molar-refractivity contribution in [3.05, 3.63) is 39.9 Å². The van der Waals surface area contributed by atoms with Crippen LogP contribution in [-0.2, 0) is 17.1 Å².